The van der Waals surface area contributed by atoms with Gasteiger partial charge >= 0.3 is 0 Å². The molecular formula is C9H14N2O2. The van der Waals surface area contributed by atoms with Crippen molar-refractivity contribution < 1.29 is 9.84 Å². The predicted molar refractivity (Wildman–Crippen MR) is 49.4 cm³/mol. The van der Waals surface area contributed by atoms with E-state index in [9.17, 15) is 5.11 Å². The molecule has 1 heterocycles. The second-order valence-electron chi connectivity index (χ2n) is 2.70. The summed E-state index contributed by atoms with van der Waals surface area (Å²) in [5.41, 5.74) is 6.03. The molecule has 0 unspecified atom stereocenters. The molecule has 72 valence electrons. The maximum Gasteiger partial charge on any atom is 0.218 e. The van der Waals surface area contributed by atoms with E-state index >= 15 is 0 Å². The third kappa shape index (κ3) is 2.40. The summed E-state index contributed by atoms with van der Waals surface area (Å²) in [7, 11) is 1.53. The van der Waals surface area contributed by atoms with Crippen LogP contribution in [0.4, 0.5) is 0 Å². The third-order valence-electron chi connectivity index (χ3n) is 1.79. The molecule has 3 N–H and O–H groups in total. The minimum Gasteiger partial charge on any atom is -0.481 e. The molecule has 1 aromatic rings. The number of aliphatic hydroxyl groups is 1. The van der Waals surface area contributed by atoms with Crippen LogP contribution in [0.25, 0.3) is 0 Å². The SMILES string of the molecule is COc1ncccc1[C@H](O)CCN. The molecule has 0 aromatic carbocycles. The second-order valence-corrected chi connectivity index (χ2v) is 2.70. The first-order valence-electron chi connectivity index (χ1n) is 4.16. The van der Waals surface area contributed by atoms with Crippen molar-refractivity contribution >= 4 is 0 Å². The molecule has 0 fully saturated rings. The lowest BCUT2D eigenvalue weighted by Gasteiger charge is -2.11. The van der Waals surface area contributed by atoms with Crippen molar-refractivity contribution in [1.29, 1.82) is 0 Å². The van der Waals surface area contributed by atoms with Crippen LogP contribution in [0.1, 0.15) is 18.1 Å². The highest BCUT2D eigenvalue weighted by Crippen LogP contribution is 2.23. The van der Waals surface area contributed by atoms with Gasteiger partial charge in [0.25, 0.3) is 0 Å². The van der Waals surface area contributed by atoms with Crippen molar-refractivity contribution in [3.8, 4) is 5.88 Å². The van der Waals surface area contributed by atoms with E-state index in [-0.39, 0.29) is 0 Å². The van der Waals surface area contributed by atoms with Crippen LogP contribution in [-0.2, 0) is 0 Å². The van der Waals surface area contributed by atoms with Gasteiger partial charge in [-0.25, -0.2) is 4.98 Å². The molecule has 0 aliphatic heterocycles. The first-order chi connectivity index (χ1) is 6.29. The van der Waals surface area contributed by atoms with Crippen LogP contribution in [0.5, 0.6) is 5.88 Å². The van der Waals surface area contributed by atoms with Gasteiger partial charge in [-0.15, -0.1) is 0 Å². The zero-order chi connectivity index (χ0) is 9.68. The summed E-state index contributed by atoms with van der Waals surface area (Å²) in [6, 6.07) is 3.55. The first-order valence-corrected chi connectivity index (χ1v) is 4.16. The fourth-order valence-electron chi connectivity index (χ4n) is 1.14. The maximum absolute atomic E-state index is 9.63. The standard InChI is InChI=1S/C9H14N2O2/c1-13-9-7(3-2-6-11-9)8(12)4-5-10/h2-3,6,8,12H,4-5,10H2,1H3/t8-/m1/s1. The minimum absolute atomic E-state index is 0.444. The van der Waals surface area contributed by atoms with E-state index in [0.717, 1.165) is 0 Å². The van der Waals surface area contributed by atoms with Crippen molar-refractivity contribution in [3.63, 3.8) is 0 Å². The Morgan fingerprint density at radius 1 is 1.69 bits per heavy atom. The molecule has 4 heteroatoms. The normalized spacial score (nSPS) is 12.5. The van der Waals surface area contributed by atoms with Crippen LogP contribution >= 0.6 is 0 Å². The molecule has 0 saturated carbocycles. The molecule has 4 nitrogen and oxygen atoms in total. The van der Waals surface area contributed by atoms with Crippen LogP contribution in [0.3, 0.4) is 0 Å². The molecule has 0 saturated heterocycles. The van der Waals surface area contributed by atoms with Crippen molar-refractivity contribution in [3.05, 3.63) is 23.9 Å². The Hall–Kier alpha value is -1.13. The lowest BCUT2D eigenvalue weighted by Crippen LogP contribution is -2.08. The summed E-state index contributed by atoms with van der Waals surface area (Å²) in [4.78, 5) is 3.98. The summed E-state index contributed by atoms with van der Waals surface area (Å²) in [5, 5.41) is 9.63. The fraction of sp³-hybridized carbons (Fsp3) is 0.444. The van der Waals surface area contributed by atoms with Crippen LogP contribution < -0.4 is 10.5 Å². The number of ether oxygens (including phenoxy) is 1. The van der Waals surface area contributed by atoms with Crippen LogP contribution in [0.15, 0.2) is 18.3 Å². The largest absolute Gasteiger partial charge is 0.481 e. The topological polar surface area (TPSA) is 68.4 Å². The van der Waals surface area contributed by atoms with Gasteiger partial charge in [-0.05, 0) is 25.1 Å². The summed E-state index contributed by atoms with van der Waals surface area (Å²) >= 11 is 0. The molecule has 0 radical (unpaired) electrons. The Balaban J connectivity index is 2.85. The van der Waals surface area contributed by atoms with Crippen molar-refractivity contribution in [2.24, 2.45) is 5.73 Å². The predicted octanol–water partition coefficient (Wildman–Crippen LogP) is 0.472. The average molecular weight is 182 g/mol. The molecular weight excluding hydrogens is 168 g/mol. The van der Waals surface area contributed by atoms with Crippen LogP contribution in [-0.4, -0.2) is 23.7 Å². The molecule has 1 atom stereocenters. The molecule has 0 amide bonds. The summed E-state index contributed by atoms with van der Waals surface area (Å²) in [5.74, 6) is 0.462. The Bertz CT molecular complexity index is 266. The number of nitrogens with zero attached hydrogens (tertiary/aromatic N) is 1. The van der Waals surface area contributed by atoms with E-state index in [4.69, 9.17) is 10.5 Å². The van der Waals surface area contributed by atoms with Gasteiger partial charge in [0.2, 0.25) is 5.88 Å². The summed E-state index contributed by atoms with van der Waals surface area (Å²) in [6.07, 6.45) is 1.55. The van der Waals surface area contributed by atoms with E-state index in [1.807, 2.05) is 0 Å². The zero-order valence-corrected chi connectivity index (χ0v) is 7.60. The number of hydrogen-bond donors (Lipinski definition) is 2. The van der Waals surface area contributed by atoms with Gasteiger partial charge < -0.3 is 15.6 Å². The fourth-order valence-corrected chi connectivity index (χ4v) is 1.14. The number of pyridine rings is 1. The van der Waals surface area contributed by atoms with Crippen molar-refractivity contribution in [1.82, 2.24) is 4.98 Å². The van der Waals surface area contributed by atoms with Gasteiger partial charge in [-0.1, -0.05) is 0 Å². The van der Waals surface area contributed by atoms with Gasteiger partial charge in [-0.2, -0.15) is 0 Å². The lowest BCUT2D eigenvalue weighted by molar-refractivity contribution is 0.165. The smallest absolute Gasteiger partial charge is 0.218 e. The highest BCUT2D eigenvalue weighted by atomic mass is 16.5. The molecule has 1 rings (SSSR count). The Labute approximate surface area is 77.4 Å². The van der Waals surface area contributed by atoms with E-state index in [0.29, 0.717) is 24.4 Å². The second kappa shape index (κ2) is 4.79. The van der Waals surface area contributed by atoms with Gasteiger partial charge in [-0.3, -0.25) is 0 Å². The number of rotatable bonds is 4. The van der Waals surface area contributed by atoms with Gasteiger partial charge in [0.15, 0.2) is 0 Å². The van der Waals surface area contributed by atoms with E-state index in [1.165, 1.54) is 7.11 Å². The number of methoxy groups -OCH3 is 1. The van der Waals surface area contributed by atoms with Crippen molar-refractivity contribution in [2.45, 2.75) is 12.5 Å². The molecule has 0 bridgehead atoms. The lowest BCUT2D eigenvalue weighted by atomic mass is 10.1. The maximum atomic E-state index is 9.63. The number of aromatic nitrogens is 1. The van der Waals surface area contributed by atoms with Gasteiger partial charge in [0.1, 0.15) is 0 Å². The summed E-state index contributed by atoms with van der Waals surface area (Å²) in [6.45, 7) is 0.444. The molecule has 0 spiro atoms. The van der Waals surface area contributed by atoms with E-state index in [2.05, 4.69) is 4.98 Å². The van der Waals surface area contributed by atoms with Gasteiger partial charge in [0, 0.05) is 11.8 Å². The molecule has 13 heavy (non-hydrogen) atoms. The first kappa shape index (κ1) is 9.95. The Morgan fingerprint density at radius 2 is 2.46 bits per heavy atom. The van der Waals surface area contributed by atoms with Crippen molar-refractivity contribution in [2.75, 3.05) is 13.7 Å². The third-order valence-corrected chi connectivity index (χ3v) is 1.79. The summed E-state index contributed by atoms with van der Waals surface area (Å²) < 4.78 is 5.00. The highest BCUT2D eigenvalue weighted by Gasteiger charge is 2.12. The number of hydrogen-bond acceptors (Lipinski definition) is 4. The Morgan fingerprint density at radius 3 is 3.08 bits per heavy atom. The Kier molecular flexibility index (Phi) is 3.67. The molecule has 1 aromatic heterocycles. The van der Waals surface area contributed by atoms with E-state index < -0.39 is 6.10 Å². The number of aliphatic hydroxyl groups excluding tert-OH is 1. The quantitative estimate of drug-likeness (QED) is 0.710. The van der Waals surface area contributed by atoms with E-state index in [1.54, 1.807) is 18.3 Å². The highest BCUT2D eigenvalue weighted by molar-refractivity contribution is 5.27. The molecule has 0 aliphatic carbocycles. The number of nitrogens with two attached hydrogens (primary N) is 1. The zero-order valence-electron chi connectivity index (χ0n) is 7.60. The van der Waals surface area contributed by atoms with Crippen LogP contribution in [0, 0.1) is 0 Å². The van der Waals surface area contributed by atoms with Gasteiger partial charge in [0.05, 0.1) is 13.2 Å². The average Bonchev–Trinajstić information content (AvgIpc) is 2.18. The van der Waals surface area contributed by atoms with Crippen LogP contribution in [0.2, 0.25) is 0 Å². The monoisotopic (exact) mass is 182 g/mol. The molecule has 0 aliphatic rings. The minimum atomic E-state index is -0.589.